The van der Waals surface area contributed by atoms with E-state index >= 15 is 0 Å². The number of nitrogens with zero attached hydrogens (tertiary/aromatic N) is 1. The highest BCUT2D eigenvalue weighted by atomic mass is 16.6. The van der Waals surface area contributed by atoms with Gasteiger partial charge in [0.05, 0.1) is 0 Å². The molecule has 0 aliphatic rings. The Morgan fingerprint density at radius 2 is 1.81 bits per heavy atom. The minimum Gasteiger partial charge on any atom is -0.444 e. The van der Waals surface area contributed by atoms with Crippen molar-refractivity contribution < 1.29 is 14.1 Å². The van der Waals surface area contributed by atoms with Gasteiger partial charge in [-0.1, -0.05) is 35.0 Å². The third-order valence-corrected chi connectivity index (χ3v) is 2.81. The van der Waals surface area contributed by atoms with Gasteiger partial charge < -0.3 is 9.26 Å². The third kappa shape index (κ3) is 3.84. The summed E-state index contributed by atoms with van der Waals surface area (Å²) in [4.78, 5) is 11.9. The number of amides is 1. The van der Waals surface area contributed by atoms with E-state index in [4.69, 9.17) is 9.26 Å². The highest BCUT2D eigenvalue weighted by Gasteiger charge is 2.21. The highest BCUT2D eigenvalue weighted by Crippen LogP contribution is 2.30. The smallest absolute Gasteiger partial charge is 0.412 e. The molecule has 0 unspecified atom stereocenters. The second-order valence-electron chi connectivity index (χ2n) is 5.96. The van der Waals surface area contributed by atoms with E-state index in [-0.39, 0.29) is 0 Å². The number of hydrogen-bond donors (Lipinski definition) is 1. The van der Waals surface area contributed by atoms with E-state index in [1.54, 1.807) is 6.92 Å². The van der Waals surface area contributed by atoms with Crippen LogP contribution in [0.3, 0.4) is 0 Å². The summed E-state index contributed by atoms with van der Waals surface area (Å²) in [5.74, 6) is 0.538. The van der Waals surface area contributed by atoms with Crippen molar-refractivity contribution in [2.75, 3.05) is 5.32 Å². The average Bonchev–Trinajstić information content (AvgIpc) is 2.70. The van der Waals surface area contributed by atoms with Crippen molar-refractivity contribution in [2.45, 2.75) is 40.2 Å². The molecule has 0 bridgehead atoms. The van der Waals surface area contributed by atoms with Crippen LogP contribution in [0.5, 0.6) is 0 Å². The van der Waals surface area contributed by atoms with E-state index in [2.05, 4.69) is 10.5 Å². The average molecular weight is 288 g/mol. The van der Waals surface area contributed by atoms with E-state index in [9.17, 15) is 4.79 Å². The molecule has 0 aliphatic carbocycles. The molecule has 2 rings (SSSR count). The summed E-state index contributed by atoms with van der Waals surface area (Å²) in [7, 11) is 0. The molecular formula is C16H20N2O3. The van der Waals surface area contributed by atoms with Crippen LogP contribution in [0, 0.1) is 13.8 Å². The zero-order chi connectivity index (χ0) is 15.6. The van der Waals surface area contributed by atoms with Crippen molar-refractivity contribution in [3.05, 3.63) is 35.6 Å². The second-order valence-corrected chi connectivity index (χ2v) is 5.96. The molecule has 0 atom stereocenters. The summed E-state index contributed by atoms with van der Waals surface area (Å²) in [6.45, 7) is 9.20. The number of carbonyl (C=O) groups is 1. The number of benzene rings is 1. The minimum absolute atomic E-state index is 0.526. The molecule has 0 saturated carbocycles. The molecule has 0 saturated heterocycles. The summed E-state index contributed by atoms with van der Waals surface area (Å²) >= 11 is 0. The first-order valence-electron chi connectivity index (χ1n) is 6.79. The van der Waals surface area contributed by atoms with Crippen LogP contribution >= 0.6 is 0 Å². The van der Waals surface area contributed by atoms with Crippen molar-refractivity contribution in [1.29, 1.82) is 0 Å². The number of anilines is 1. The second kappa shape index (κ2) is 5.60. The molecule has 0 spiro atoms. The molecule has 0 fully saturated rings. The first-order valence-corrected chi connectivity index (χ1v) is 6.79. The summed E-state index contributed by atoms with van der Waals surface area (Å²) in [5.41, 5.74) is 2.61. The molecule has 2 aromatic rings. The molecule has 1 amide bonds. The van der Waals surface area contributed by atoms with Gasteiger partial charge in [-0.15, -0.1) is 0 Å². The van der Waals surface area contributed by atoms with Gasteiger partial charge in [0.15, 0.2) is 5.76 Å². The number of aryl methyl sites for hydroxylation is 2. The molecule has 0 radical (unpaired) electrons. The molecule has 5 heteroatoms. The lowest BCUT2D eigenvalue weighted by atomic mass is 10.1. The van der Waals surface area contributed by atoms with E-state index in [0.717, 1.165) is 11.1 Å². The normalized spacial score (nSPS) is 11.3. The number of ether oxygens (including phenoxy) is 1. The predicted molar refractivity (Wildman–Crippen MR) is 81.3 cm³/mol. The third-order valence-electron chi connectivity index (χ3n) is 2.81. The van der Waals surface area contributed by atoms with Crippen molar-refractivity contribution in [3.8, 4) is 11.3 Å². The summed E-state index contributed by atoms with van der Waals surface area (Å²) in [6, 6.07) is 7.84. The molecule has 112 valence electrons. The summed E-state index contributed by atoms with van der Waals surface area (Å²) < 4.78 is 10.4. The predicted octanol–water partition coefficient (Wildman–Crippen LogP) is 4.31. The molecule has 0 aliphatic heterocycles. The lowest BCUT2D eigenvalue weighted by molar-refractivity contribution is 0.0635. The van der Waals surface area contributed by atoms with E-state index < -0.39 is 11.7 Å². The van der Waals surface area contributed by atoms with Gasteiger partial charge in [-0.2, -0.15) is 0 Å². The molecule has 1 aromatic heterocycles. The Morgan fingerprint density at radius 1 is 1.19 bits per heavy atom. The fourth-order valence-electron chi connectivity index (χ4n) is 1.83. The van der Waals surface area contributed by atoms with Crippen LogP contribution in [0.4, 0.5) is 10.5 Å². The summed E-state index contributed by atoms with van der Waals surface area (Å²) in [5, 5.41) is 6.73. The number of rotatable bonds is 2. The number of nitrogens with one attached hydrogen (secondary N) is 1. The SMILES string of the molecule is Cc1ccc(-c2noc(C)c2NC(=O)OC(C)(C)C)cc1. The van der Waals surface area contributed by atoms with Gasteiger partial charge in [-0.05, 0) is 34.6 Å². The Kier molecular flexibility index (Phi) is 4.02. The number of aromatic nitrogens is 1. The first-order chi connectivity index (χ1) is 9.76. The Morgan fingerprint density at radius 3 is 2.38 bits per heavy atom. The van der Waals surface area contributed by atoms with Gasteiger partial charge in [-0.3, -0.25) is 5.32 Å². The topological polar surface area (TPSA) is 64.4 Å². The molecule has 1 heterocycles. The van der Waals surface area contributed by atoms with E-state index in [1.165, 1.54) is 0 Å². The van der Waals surface area contributed by atoms with Gasteiger partial charge in [0.2, 0.25) is 0 Å². The van der Waals surface area contributed by atoms with Crippen LogP contribution < -0.4 is 5.32 Å². The monoisotopic (exact) mass is 288 g/mol. The zero-order valence-electron chi connectivity index (χ0n) is 13.0. The van der Waals surface area contributed by atoms with Crippen LogP contribution in [0.15, 0.2) is 28.8 Å². The molecular weight excluding hydrogens is 268 g/mol. The lowest BCUT2D eigenvalue weighted by Crippen LogP contribution is -2.27. The molecule has 1 aromatic carbocycles. The van der Waals surface area contributed by atoms with E-state index in [0.29, 0.717) is 17.1 Å². The standard InChI is InChI=1S/C16H20N2O3/c1-10-6-8-12(9-7-10)14-13(11(2)21-18-14)17-15(19)20-16(3,4)5/h6-9H,1-5H3,(H,17,19). The van der Waals surface area contributed by atoms with Gasteiger partial charge >= 0.3 is 6.09 Å². The van der Waals surface area contributed by atoms with Crippen molar-refractivity contribution in [3.63, 3.8) is 0 Å². The Labute approximate surface area is 124 Å². The maximum Gasteiger partial charge on any atom is 0.412 e. The van der Waals surface area contributed by atoms with Gasteiger partial charge in [-0.25, -0.2) is 4.79 Å². The lowest BCUT2D eigenvalue weighted by Gasteiger charge is -2.19. The van der Waals surface area contributed by atoms with Crippen LogP contribution in [-0.2, 0) is 4.74 Å². The quantitative estimate of drug-likeness (QED) is 0.894. The van der Waals surface area contributed by atoms with Crippen LogP contribution in [0.2, 0.25) is 0 Å². The van der Waals surface area contributed by atoms with Crippen LogP contribution in [0.1, 0.15) is 32.1 Å². The van der Waals surface area contributed by atoms with Crippen LogP contribution in [0.25, 0.3) is 11.3 Å². The Balaban J connectivity index is 2.26. The first kappa shape index (κ1) is 15.1. The van der Waals surface area contributed by atoms with E-state index in [1.807, 2.05) is 52.0 Å². The van der Waals surface area contributed by atoms with Gasteiger partial charge in [0, 0.05) is 5.56 Å². The maximum absolute atomic E-state index is 11.9. The maximum atomic E-state index is 11.9. The van der Waals surface area contributed by atoms with Gasteiger partial charge in [0.25, 0.3) is 0 Å². The number of carbonyl (C=O) groups excluding carboxylic acids is 1. The number of hydrogen-bond acceptors (Lipinski definition) is 4. The van der Waals surface area contributed by atoms with Crippen molar-refractivity contribution in [1.82, 2.24) is 5.16 Å². The molecule has 5 nitrogen and oxygen atoms in total. The molecule has 21 heavy (non-hydrogen) atoms. The fourth-order valence-corrected chi connectivity index (χ4v) is 1.83. The Hall–Kier alpha value is -2.30. The zero-order valence-corrected chi connectivity index (χ0v) is 13.0. The highest BCUT2D eigenvalue weighted by molar-refractivity contribution is 5.91. The van der Waals surface area contributed by atoms with Gasteiger partial charge in [0.1, 0.15) is 17.0 Å². The van der Waals surface area contributed by atoms with Crippen molar-refractivity contribution in [2.24, 2.45) is 0 Å². The molecule has 1 N–H and O–H groups in total. The van der Waals surface area contributed by atoms with Crippen molar-refractivity contribution >= 4 is 11.8 Å². The minimum atomic E-state index is -0.556. The van der Waals surface area contributed by atoms with Crippen LogP contribution in [-0.4, -0.2) is 16.9 Å². The Bertz CT molecular complexity index is 637. The fraction of sp³-hybridized carbons (Fsp3) is 0.375. The largest absolute Gasteiger partial charge is 0.444 e. The summed E-state index contributed by atoms with van der Waals surface area (Å²) in [6.07, 6.45) is -0.526.